The minimum atomic E-state index is -0.0828. The van der Waals surface area contributed by atoms with Crippen molar-refractivity contribution in [1.82, 2.24) is 10.2 Å². The largest absolute Gasteiger partial charge is 0.349 e. The number of nitrogens with zero attached hydrogens (tertiary/aromatic N) is 1. The highest BCUT2D eigenvalue weighted by Crippen LogP contribution is 2.31. The molecule has 4 nitrogen and oxygen atoms in total. The van der Waals surface area contributed by atoms with Crippen LogP contribution in [-0.4, -0.2) is 34.1 Å². The van der Waals surface area contributed by atoms with Crippen LogP contribution in [-0.2, 0) is 4.79 Å². The van der Waals surface area contributed by atoms with Gasteiger partial charge < -0.3 is 5.32 Å². The lowest BCUT2D eigenvalue weighted by Gasteiger charge is -2.04. The third-order valence-electron chi connectivity index (χ3n) is 3.37. The van der Waals surface area contributed by atoms with Crippen molar-refractivity contribution in [1.29, 1.82) is 0 Å². The first-order chi connectivity index (χ1) is 10.0. The molecule has 0 unspecified atom stereocenters. The molecule has 0 bridgehead atoms. The molecule has 1 aliphatic heterocycles. The van der Waals surface area contributed by atoms with Gasteiger partial charge in [0.1, 0.15) is 4.32 Å². The molecule has 2 aliphatic rings. The molecule has 0 radical (unpaired) electrons. The molecule has 1 saturated heterocycles. The maximum Gasteiger partial charge on any atom is 0.265 e. The van der Waals surface area contributed by atoms with E-state index in [-0.39, 0.29) is 11.8 Å². The van der Waals surface area contributed by atoms with E-state index >= 15 is 0 Å². The van der Waals surface area contributed by atoms with E-state index in [1.165, 1.54) is 16.7 Å². The van der Waals surface area contributed by atoms with Crippen LogP contribution in [0.3, 0.4) is 0 Å². The van der Waals surface area contributed by atoms with Gasteiger partial charge in [0.05, 0.1) is 4.91 Å². The minimum absolute atomic E-state index is 0.0380. The number of nitrogens with one attached hydrogen (secondary N) is 1. The van der Waals surface area contributed by atoms with Crippen molar-refractivity contribution in [2.45, 2.75) is 18.9 Å². The summed E-state index contributed by atoms with van der Waals surface area (Å²) in [6.07, 6.45) is 3.94. The average Bonchev–Trinajstić information content (AvgIpc) is 3.25. The summed E-state index contributed by atoms with van der Waals surface area (Å²) in [7, 11) is 1.67. The topological polar surface area (TPSA) is 49.4 Å². The lowest BCUT2D eigenvalue weighted by Crippen LogP contribution is -2.25. The molecule has 1 aromatic rings. The van der Waals surface area contributed by atoms with Gasteiger partial charge >= 0.3 is 0 Å². The smallest absolute Gasteiger partial charge is 0.265 e. The van der Waals surface area contributed by atoms with Gasteiger partial charge in [-0.25, -0.2) is 0 Å². The van der Waals surface area contributed by atoms with Gasteiger partial charge in [-0.15, -0.1) is 0 Å². The summed E-state index contributed by atoms with van der Waals surface area (Å²) in [6, 6.07) is 7.57. The van der Waals surface area contributed by atoms with Gasteiger partial charge in [0.2, 0.25) is 0 Å². The van der Waals surface area contributed by atoms with Crippen LogP contribution in [0.4, 0.5) is 0 Å². The summed E-state index contributed by atoms with van der Waals surface area (Å²) >= 11 is 6.38. The lowest BCUT2D eigenvalue weighted by atomic mass is 10.1. The number of carbonyl (C=O) groups excluding carboxylic acids is 2. The highest BCUT2D eigenvalue weighted by molar-refractivity contribution is 8.26. The first-order valence-electron chi connectivity index (χ1n) is 6.67. The summed E-state index contributed by atoms with van der Waals surface area (Å²) in [5.41, 5.74) is 1.52. The number of hydrogen-bond donors (Lipinski definition) is 1. The Bertz CT molecular complexity index is 648. The molecule has 0 spiro atoms. The van der Waals surface area contributed by atoms with E-state index in [9.17, 15) is 9.59 Å². The number of carbonyl (C=O) groups is 2. The molecule has 1 N–H and O–H groups in total. The average molecular weight is 318 g/mol. The number of likely N-dealkylation sites (N-methyl/N-ethyl adjacent to an activating group) is 1. The number of thiocarbonyl (C=S) groups is 1. The van der Waals surface area contributed by atoms with Gasteiger partial charge in [0.15, 0.2) is 0 Å². The maximum absolute atomic E-state index is 11.9. The van der Waals surface area contributed by atoms with E-state index in [1.807, 2.05) is 12.1 Å². The van der Waals surface area contributed by atoms with E-state index in [2.05, 4.69) is 5.32 Å². The number of amides is 2. The van der Waals surface area contributed by atoms with Gasteiger partial charge in [-0.3, -0.25) is 14.5 Å². The summed E-state index contributed by atoms with van der Waals surface area (Å²) in [6.45, 7) is 0. The first-order valence-corrected chi connectivity index (χ1v) is 7.89. The number of benzene rings is 1. The van der Waals surface area contributed by atoms with Crippen LogP contribution in [0.1, 0.15) is 28.8 Å². The van der Waals surface area contributed by atoms with Crippen molar-refractivity contribution in [3.63, 3.8) is 0 Å². The fourth-order valence-electron chi connectivity index (χ4n) is 1.92. The molecule has 2 fully saturated rings. The molecule has 3 rings (SSSR count). The Hall–Kier alpha value is -1.66. The third kappa shape index (κ3) is 3.16. The maximum atomic E-state index is 11.9. The predicted octanol–water partition coefficient (Wildman–Crippen LogP) is 2.41. The summed E-state index contributed by atoms with van der Waals surface area (Å²) < 4.78 is 0.562. The zero-order valence-electron chi connectivity index (χ0n) is 11.5. The quantitative estimate of drug-likeness (QED) is 0.687. The standard InChI is InChI=1S/C15H14N2O2S2/c1-17-14(19)12(21-15(17)20)8-9-2-4-10(5-3-9)13(18)16-11-6-7-11/h2-5,8,11H,6-7H2,1H3,(H,16,18). The highest BCUT2D eigenvalue weighted by Gasteiger charge is 2.28. The van der Waals surface area contributed by atoms with Crippen LogP contribution in [0.5, 0.6) is 0 Å². The summed E-state index contributed by atoms with van der Waals surface area (Å²) in [4.78, 5) is 25.9. The minimum Gasteiger partial charge on any atom is -0.349 e. The predicted molar refractivity (Wildman–Crippen MR) is 87.9 cm³/mol. The van der Waals surface area contributed by atoms with Gasteiger partial charge in [-0.1, -0.05) is 36.1 Å². The fraction of sp³-hybridized carbons (Fsp3) is 0.267. The lowest BCUT2D eigenvalue weighted by molar-refractivity contribution is -0.121. The molecule has 108 valence electrons. The Morgan fingerprint density at radius 1 is 1.38 bits per heavy atom. The van der Waals surface area contributed by atoms with Crippen molar-refractivity contribution in [2.24, 2.45) is 0 Å². The Kier molecular flexibility index (Phi) is 3.82. The second-order valence-electron chi connectivity index (χ2n) is 5.11. The molecule has 6 heteroatoms. The molecule has 2 amide bonds. The molecular formula is C15H14N2O2S2. The van der Waals surface area contributed by atoms with E-state index in [0.29, 0.717) is 20.8 Å². The molecular weight excluding hydrogens is 304 g/mol. The van der Waals surface area contributed by atoms with Crippen molar-refractivity contribution < 1.29 is 9.59 Å². The molecule has 1 aromatic carbocycles. The van der Waals surface area contributed by atoms with Gasteiger partial charge in [-0.2, -0.15) is 0 Å². The van der Waals surface area contributed by atoms with Crippen molar-refractivity contribution in [3.05, 3.63) is 40.3 Å². The number of hydrogen-bond acceptors (Lipinski definition) is 4. The van der Waals surface area contributed by atoms with Gasteiger partial charge in [-0.05, 0) is 36.6 Å². The van der Waals surface area contributed by atoms with Gasteiger partial charge in [0, 0.05) is 18.7 Å². The van der Waals surface area contributed by atoms with Crippen LogP contribution in [0.25, 0.3) is 6.08 Å². The molecule has 1 aliphatic carbocycles. The third-order valence-corrected chi connectivity index (χ3v) is 4.85. The Balaban J connectivity index is 1.73. The molecule has 0 aromatic heterocycles. The van der Waals surface area contributed by atoms with Crippen molar-refractivity contribution >= 4 is 46.2 Å². The second-order valence-corrected chi connectivity index (χ2v) is 6.79. The fourth-order valence-corrected chi connectivity index (χ4v) is 3.10. The molecule has 1 heterocycles. The monoisotopic (exact) mass is 318 g/mol. The normalized spacial score (nSPS) is 20.2. The highest BCUT2D eigenvalue weighted by atomic mass is 32.2. The Labute approximate surface area is 132 Å². The summed E-state index contributed by atoms with van der Waals surface area (Å²) in [5.74, 6) is -0.121. The zero-order valence-corrected chi connectivity index (χ0v) is 13.1. The van der Waals surface area contributed by atoms with E-state index in [1.54, 1.807) is 25.3 Å². The van der Waals surface area contributed by atoms with Crippen molar-refractivity contribution in [2.75, 3.05) is 7.05 Å². The van der Waals surface area contributed by atoms with E-state index in [4.69, 9.17) is 12.2 Å². The molecule has 1 saturated carbocycles. The van der Waals surface area contributed by atoms with Crippen LogP contribution >= 0.6 is 24.0 Å². The Morgan fingerprint density at radius 3 is 2.57 bits per heavy atom. The van der Waals surface area contributed by atoms with E-state index in [0.717, 1.165) is 18.4 Å². The number of rotatable bonds is 3. The van der Waals surface area contributed by atoms with E-state index < -0.39 is 0 Å². The Morgan fingerprint density at radius 2 is 2.05 bits per heavy atom. The molecule has 0 atom stereocenters. The van der Waals surface area contributed by atoms with Crippen LogP contribution < -0.4 is 5.32 Å². The SMILES string of the molecule is CN1C(=O)C(=Cc2ccc(C(=O)NC3CC3)cc2)SC1=S. The summed E-state index contributed by atoms with van der Waals surface area (Å²) in [5, 5.41) is 2.95. The number of thioether (sulfide) groups is 1. The van der Waals surface area contributed by atoms with Crippen molar-refractivity contribution in [3.8, 4) is 0 Å². The zero-order chi connectivity index (χ0) is 15.0. The van der Waals surface area contributed by atoms with Crippen LogP contribution in [0.2, 0.25) is 0 Å². The van der Waals surface area contributed by atoms with Crippen LogP contribution in [0.15, 0.2) is 29.2 Å². The van der Waals surface area contributed by atoms with Gasteiger partial charge in [0.25, 0.3) is 11.8 Å². The molecule has 21 heavy (non-hydrogen) atoms. The second kappa shape index (κ2) is 5.61. The van der Waals surface area contributed by atoms with Crippen LogP contribution in [0, 0.1) is 0 Å². The first kappa shape index (κ1) is 14.3.